The van der Waals surface area contributed by atoms with Crippen LogP contribution in [0.15, 0.2) is 91.3 Å². The fourth-order valence-electron chi connectivity index (χ4n) is 5.22. The molecular formula is C33H38N2O3. The minimum Gasteiger partial charge on any atom is -0.497 e. The molecule has 4 rings (SSSR count). The van der Waals surface area contributed by atoms with Crippen molar-refractivity contribution in [1.29, 1.82) is 0 Å². The Morgan fingerprint density at radius 2 is 1.61 bits per heavy atom. The van der Waals surface area contributed by atoms with E-state index in [1.165, 1.54) is 31.2 Å². The van der Waals surface area contributed by atoms with Crippen molar-refractivity contribution in [2.24, 2.45) is 5.92 Å². The number of methoxy groups -OCH3 is 2. The van der Waals surface area contributed by atoms with Crippen LogP contribution in [0.3, 0.4) is 0 Å². The summed E-state index contributed by atoms with van der Waals surface area (Å²) in [6, 6.07) is 20.2. The van der Waals surface area contributed by atoms with E-state index >= 15 is 0 Å². The summed E-state index contributed by atoms with van der Waals surface area (Å²) in [5.74, 6) is 2.13. The number of aryl methyl sites for hydroxylation is 1. The van der Waals surface area contributed by atoms with E-state index in [4.69, 9.17) is 9.47 Å². The lowest BCUT2D eigenvalue weighted by atomic mass is 9.92. The standard InChI is InChI=1S/C33H38N2O3/c1-37-29-19-15-26(16-20-29)31(27-17-21-30(38-2)22-18-27)12-6-14-33(36)35-32(28-10-3-4-11-28)13-5-8-25-9-7-23-34-24-25/h6-7,9,12,14-24,28,32H,3-5,8,10-11,13H2,1-2H3,(H,35,36)/t32-/m1/s1. The first-order valence-corrected chi connectivity index (χ1v) is 13.5. The quantitative estimate of drug-likeness (QED) is 0.215. The Bertz CT molecular complexity index is 1150. The second kappa shape index (κ2) is 14.2. The molecule has 38 heavy (non-hydrogen) atoms. The predicted molar refractivity (Wildman–Crippen MR) is 153 cm³/mol. The van der Waals surface area contributed by atoms with E-state index in [-0.39, 0.29) is 11.9 Å². The molecule has 0 aliphatic heterocycles. The number of pyridine rings is 1. The summed E-state index contributed by atoms with van der Waals surface area (Å²) in [5, 5.41) is 3.32. The molecule has 0 bridgehead atoms. The number of hydrogen-bond acceptors (Lipinski definition) is 4. The molecule has 0 radical (unpaired) electrons. The first-order chi connectivity index (χ1) is 18.7. The molecule has 198 valence electrons. The Balaban J connectivity index is 1.45. The Labute approximate surface area is 226 Å². The highest BCUT2D eigenvalue weighted by Gasteiger charge is 2.25. The second-order valence-electron chi connectivity index (χ2n) is 9.81. The van der Waals surface area contributed by atoms with E-state index < -0.39 is 0 Å². The van der Waals surface area contributed by atoms with Crippen LogP contribution in [0.1, 0.15) is 55.2 Å². The van der Waals surface area contributed by atoms with Crippen molar-refractivity contribution < 1.29 is 14.3 Å². The average molecular weight is 511 g/mol. The molecule has 0 unspecified atom stereocenters. The van der Waals surface area contributed by atoms with Crippen LogP contribution in [-0.2, 0) is 11.2 Å². The Morgan fingerprint density at radius 3 is 2.16 bits per heavy atom. The Hall–Kier alpha value is -3.86. The SMILES string of the molecule is COc1ccc(C(=CC=CC(=O)N[C@H](CCCc2cccnc2)C2CCCC2)c2ccc(OC)cc2)cc1. The molecule has 0 spiro atoms. The number of carbonyl (C=O) groups is 1. The smallest absolute Gasteiger partial charge is 0.244 e. The maximum atomic E-state index is 13.0. The van der Waals surface area contributed by atoms with Gasteiger partial charge in [0.15, 0.2) is 0 Å². The summed E-state index contributed by atoms with van der Waals surface area (Å²) >= 11 is 0. The van der Waals surface area contributed by atoms with E-state index in [0.29, 0.717) is 5.92 Å². The highest BCUT2D eigenvalue weighted by molar-refractivity contribution is 5.89. The maximum absolute atomic E-state index is 13.0. The van der Waals surface area contributed by atoms with E-state index in [2.05, 4.69) is 16.4 Å². The summed E-state index contributed by atoms with van der Waals surface area (Å²) in [5.41, 5.74) is 4.35. The van der Waals surface area contributed by atoms with Gasteiger partial charge in [-0.3, -0.25) is 9.78 Å². The molecule has 0 saturated heterocycles. The average Bonchev–Trinajstić information content (AvgIpc) is 3.51. The van der Waals surface area contributed by atoms with Gasteiger partial charge in [0.1, 0.15) is 11.5 Å². The molecular weight excluding hydrogens is 472 g/mol. The molecule has 1 amide bonds. The zero-order valence-corrected chi connectivity index (χ0v) is 22.4. The van der Waals surface area contributed by atoms with Crippen LogP contribution < -0.4 is 14.8 Å². The van der Waals surface area contributed by atoms with E-state index in [0.717, 1.165) is 47.5 Å². The molecule has 5 heteroatoms. The van der Waals surface area contributed by atoms with Gasteiger partial charge in [0.05, 0.1) is 14.2 Å². The molecule has 2 aromatic carbocycles. The first kappa shape index (κ1) is 27.2. The Morgan fingerprint density at radius 1 is 0.974 bits per heavy atom. The normalized spacial score (nSPS) is 14.3. The lowest BCUT2D eigenvalue weighted by Gasteiger charge is -2.24. The van der Waals surface area contributed by atoms with Gasteiger partial charge in [0, 0.05) is 24.5 Å². The van der Waals surface area contributed by atoms with Crippen LogP contribution in [-0.4, -0.2) is 31.2 Å². The lowest BCUT2D eigenvalue weighted by Crippen LogP contribution is -2.38. The summed E-state index contributed by atoms with van der Waals surface area (Å²) in [7, 11) is 3.32. The molecule has 1 atom stereocenters. The molecule has 1 saturated carbocycles. The van der Waals surface area contributed by atoms with Gasteiger partial charge in [-0.25, -0.2) is 0 Å². The van der Waals surface area contributed by atoms with Gasteiger partial charge < -0.3 is 14.8 Å². The van der Waals surface area contributed by atoms with Crippen molar-refractivity contribution in [3.05, 3.63) is 108 Å². The third-order valence-electron chi connectivity index (χ3n) is 7.31. The number of benzene rings is 2. The number of allylic oxidation sites excluding steroid dienone is 2. The van der Waals surface area contributed by atoms with Crippen LogP contribution in [0, 0.1) is 5.92 Å². The molecule has 1 N–H and O–H groups in total. The molecule has 1 aliphatic rings. The van der Waals surface area contributed by atoms with E-state index in [9.17, 15) is 4.79 Å². The minimum absolute atomic E-state index is 0.0386. The predicted octanol–water partition coefficient (Wildman–Crippen LogP) is 6.78. The first-order valence-electron chi connectivity index (χ1n) is 13.5. The van der Waals surface area contributed by atoms with Crippen molar-refractivity contribution in [2.45, 2.75) is 51.0 Å². The van der Waals surface area contributed by atoms with E-state index in [1.54, 1.807) is 26.5 Å². The fourth-order valence-corrected chi connectivity index (χ4v) is 5.22. The van der Waals surface area contributed by atoms with Gasteiger partial charge in [0.2, 0.25) is 5.91 Å². The van der Waals surface area contributed by atoms with Gasteiger partial charge in [-0.05, 0) is 90.6 Å². The van der Waals surface area contributed by atoms with Crippen molar-refractivity contribution in [3.63, 3.8) is 0 Å². The summed E-state index contributed by atoms with van der Waals surface area (Å²) in [4.78, 5) is 17.2. The number of hydrogen-bond donors (Lipinski definition) is 1. The van der Waals surface area contributed by atoms with Gasteiger partial charge in [-0.1, -0.05) is 55.3 Å². The largest absolute Gasteiger partial charge is 0.497 e. The van der Waals surface area contributed by atoms with Crippen molar-refractivity contribution >= 4 is 11.5 Å². The number of nitrogens with zero attached hydrogens (tertiary/aromatic N) is 1. The summed E-state index contributed by atoms with van der Waals surface area (Å²) in [6.07, 6.45) is 17.1. The van der Waals surface area contributed by atoms with Gasteiger partial charge in [0.25, 0.3) is 0 Å². The van der Waals surface area contributed by atoms with Gasteiger partial charge in [-0.15, -0.1) is 0 Å². The Kier molecular flexibility index (Phi) is 10.1. The summed E-state index contributed by atoms with van der Waals surface area (Å²) < 4.78 is 10.6. The molecule has 3 aromatic rings. The topological polar surface area (TPSA) is 60.5 Å². The number of nitrogens with one attached hydrogen (secondary N) is 1. The lowest BCUT2D eigenvalue weighted by molar-refractivity contribution is -0.117. The second-order valence-corrected chi connectivity index (χ2v) is 9.81. The molecule has 1 aliphatic carbocycles. The highest BCUT2D eigenvalue weighted by atomic mass is 16.5. The zero-order valence-electron chi connectivity index (χ0n) is 22.4. The number of ether oxygens (including phenoxy) is 2. The number of amides is 1. The maximum Gasteiger partial charge on any atom is 0.244 e. The number of aromatic nitrogens is 1. The summed E-state index contributed by atoms with van der Waals surface area (Å²) in [6.45, 7) is 0. The van der Waals surface area contributed by atoms with Crippen LogP contribution >= 0.6 is 0 Å². The number of carbonyl (C=O) groups excluding carboxylic acids is 1. The van der Waals surface area contributed by atoms with Gasteiger partial charge >= 0.3 is 0 Å². The van der Waals surface area contributed by atoms with Crippen molar-refractivity contribution in [1.82, 2.24) is 10.3 Å². The zero-order chi connectivity index (χ0) is 26.6. The van der Waals surface area contributed by atoms with Gasteiger partial charge in [-0.2, -0.15) is 0 Å². The van der Waals surface area contributed by atoms with Crippen LogP contribution in [0.5, 0.6) is 11.5 Å². The molecule has 5 nitrogen and oxygen atoms in total. The fraction of sp³-hybridized carbons (Fsp3) is 0.333. The molecule has 1 heterocycles. The van der Waals surface area contributed by atoms with Crippen molar-refractivity contribution in [3.8, 4) is 11.5 Å². The molecule has 1 fully saturated rings. The van der Waals surface area contributed by atoms with Crippen LogP contribution in [0.2, 0.25) is 0 Å². The monoisotopic (exact) mass is 510 g/mol. The molecule has 1 aromatic heterocycles. The third kappa shape index (κ3) is 7.82. The van der Waals surface area contributed by atoms with E-state index in [1.807, 2.05) is 72.9 Å². The van der Waals surface area contributed by atoms with Crippen molar-refractivity contribution in [2.75, 3.05) is 14.2 Å². The van der Waals surface area contributed by atoms with Crippen LogP contribution in [0.25, 0.3) is 5.57 Å². The third-order valence-corrected chi connectivity index (χ3v) is 7.31. The number of rotatable bonds is 12. The minimum atomic E-state index is -0.0386. The highest BCUT2D eigenvalue weighted by Crippen LogP contribution is 2.30. The van der Waals surface area contributed by atoms with Crippen LogP contribution in [0.4, 0.5) is 0 Å².